The van der Waals surface area contributed by atoms with Gasteiger partial charge in [0.25, 0.3) is 0 Å². The van der Waals surface area contributed by atoms with E-state index in [9.17, 15) is 19.0 Å². The highest BCUT2D eigenvalue weighted by atomic mass is 31.2. The molecule has 0 aliphatic carbocycles. The number of unbranched alkanes of at least 4 members (excludes halogenated alkanes) is 51. The monoisotopic (exact) mass is 1190 g/mol. The van der Waals surface area contributed by atoms with Crippen LogP contribution in [0.15, 0.2) is 24.3 Å². The van der Waals surface area contributed by atoms with Gasteiger partial charge >= 0.3 is 19.8 Å². The Morgan fingerprint density at radius 1 is 0.373 bits per heavy atom. The maximum Gasteiger partial charge on any atom is 0.472 e. The minimum atomic E-state index is -4.39. The van der Waals surface area contributed by atoms with Crippen molar-refractivity contribution in [2.75, 3.05) is 47.5 Å². The van der Waals surface area contributed by atoms with Gasteiger partial charge in [-0.1, -0.05) is 346 Å². The molecule has 0 aromatic heterocycles. The zero-order valence-electron chi connectivity index (χ0n) is 56.2. The van der Waals surface area contributed by atoms with Crippen LogP contribution < -0.4 is 0 Å². The Bertz CT molecular complexity index is 1450. The molecule has 492 valence electrons. The van der Waals surface area contributed by atoms with Gasteiger partial charge in [0.15, 0.2) is 6.10 Å². The van der Waals surface area contributed by atoms with Gasteiger partial charge in [-0.2, -0.15) is 0 Å². The summed E-state index contributed by atoms with van der Waals surface area (Å²) >= 11 is 0. The van der Waals surface area contributed by atoms with Gasteiger partial charge in [0, 0.05) is 12.8 Å². The number of likely N-dealkylation sites (N-methyl/N-ethyl adjacent to an activating group) is 1. The van der Waals surface area contributed by atoms with Crippen LogP contribution in [0.25, 0.3) is 0 Å². The van der Waals surface area contributed by atoms with Crippen LogP contribution in [-0.2, 0) is 32.7 Å². The first-order valence-corrected chi connectivity index (χ1v) is 38.1. The second-order valence-electron chi connectivity index (χ2n) is 26.3. The van der Waals surface area contributed by atoms with Crippen LogP contribution in [0.2, 0.25) is 0 Å². The molecule has 0 bridgehead atoms. The average molecular weight is 1190 g/mol. The molecule has 0 aliphatic heterocycles. The van der Waals surface area contributed by atoms with Crippen molar-refractivity contribution in [3.05, 3.63) is 24.3 Å². The number of esters is 2. The Morgan fingerprint density at radius 3 is 0.952 bits per heavy atom. The van der Waals surface area contributed by atoms with E-state index >= 15 is 0 Å². The Kier molecular flexibility index (Phi) is 63.8. The fourth-order valence-electron chi connectivity index (χ4n) is 11.1. The second-order valence-corrected chi connectivity index (χ2v) is 27.8. The maximum atomic E-state index is 12.9. The van der Waals surface area contributed by atoms with Gasteiger partial charge in [0.2, 0.25) is 0 Å². The lowest BCUT2D eigenvalue weighted by Gasteiger charge is -2.24. The first-order valence-electron chi connectivity index (χ1n) is 36.6. The number of quaternary nitrogens is 1. The zero-order chi connectivity index (χ0) is 60.5. The first-order chi connectivity index (χ1) is 40.5. The number of allylic oxidation sites excluding steroid dienone is 4. The molecule has 0 aliphatic rings. The first kappa shape index (κ1) is 81.5. The summed E-state index contributed by atoms with van der Waals surface area (Å²) in [6.45, 7) is 4.50. The number of hydrogen-bond acceptors (Lipinski definition) is 7. The van der Waals surface area contributed by atoms with Crippen LogP contribution in [0.3, 0.4) is 0 Å². The molecule has 0 radical (unpaired) electrons. The third-order valence-electron chi connectivity index (χ3n) is 16.7. The number of carbonyl (C=O) groups excluding carboxylic acids is 2. The summed E-state index contributed by atoms with van der Waals surface area (Å²) in [5, 5.41) is 0. The minimum Gasteiger partial charge on any atom is -0.462 e. The molecule has 10 heteroatoms. The van der Waals surface area contributed by atoms with Crippen molar-refractivity contribution in [1.29, 1.82) is 0 Å². The molecule has 0 aromatic rings. The molecule has 0 aromatic carbocycles. The lowest BCUT2D eigenvalue weighted by Crippen LogP contribution is -2.37. The van der Waals surface area contributed by atoms with Gasteiger partial charge < -0.3 is 18.9 Å². The second kappa shape index (κ2) is 64.9. The predicted molar refractivity (Wildman–Crippen MR) is 358 cm³/mol. The van der Waals surface area contributed by atoms with Crippen molar-refractivity contribution in [2.45, 2.75) is 386 Å². The normalized spacial score (nSPS) is 13.2. The molecule has 0 saturated heterocycles. The topological polar surface area (TPSA) is 108 Å². The number of carbonyl (C=O) groups is 2. The largest absolute Gasteiger partial charge is 0.472 e. The fraction of sp³-hybridized carbons (Fsp3) is 0.918. The van der Waals surface area contributed by atoms with E-state index in [1.54, 1.807) is 0 Å². The van der Waals surface area contributed by atoms with Gasteiger partial charge in [0.1, 0.15) is 19.8 Å². The highest BCUT2D eigenvalue weighted by Gasteiger charge is 2.27. The standard InChI is InChI=1S/C73H142NO8P/c1-6-8-10-12-14-16-18-20-22-24-26-28-30-31-32-33-34-35-36-37-38-39-40-41-42-44-45-47-49-51-53-55-57-59-61-63-65-72(75)79-69-71(70-81-83(77,78)80-68-67-74(3,4)5)82-73(76)66-64-62-60-58-56-54-52-50-48-46-43-29-27-25-23-21-19-17-15-13-11-9-7-2/h19,21,25,27,71H,6-18,20,22-24,26,28-70H2,1-5H3/p+1/b21-19-,27-25-. The molecule has 2 unspecified atom stereocenters. The van der Waals surface area contributed by atoms with Crippen LogP contribution in [-0.4, -0.2) is 74.9 Å². The van der Waals surface area contributed by atoms with Crippen molar-refractivity contribution >= 4 is 19.8 Å². The molecule has 1 N–H and O–H groups in total. The van der Waals surface area contributed by atoms with Crippen LogP contribution in [0.1, 0.15) is 380 Å². The third-order valence-corrected chi connectivity index (χ3v) is 17.7. The molecule has 0 heterocycles. The van der Waals surface area contributed by atoms with Crippen molar-refractivity contribution in [1.82, 2.24) is 0 Å². The zero-order valence-corrected chi connectivity index (χ0v) is 57.1. The molecule has 0 amide bonds. The summed E-state index contributed by atoms with van der Waals surface area (Å²) in [5.41, 5.74) is 0. The fourth-order valence-corrected chi connectivity index (χ4v) is 11.9. The average Bonchev–Trinajstić information content (AvgIpc) is 3.49. The van der Waals surface area contributed by atoms with Crippen LogP contribution in [0, 0.1) is 0 Å². The van der Waals surface area contributed by atoms with Gasteiger partial charge in [-0.25, -0.2) is 4.57 Å². The Labute approximate surface area is 517 Å². The van der Waals surface area contributed by atoms with E-state index in [4.69, 9.17) is 18.5 Å². The van der Waals surface area contributed by atoms with E-state index in [2.05, 4.69) is 38.2 Å². The lowest BCUT2D eigenvalue weighted by molar-refractivity contribution is -0.870. The van der Waals surface area contributed by atoms with Crippen molar-refractivity contribution in [3.63, 3.8) is 0 Å². The molecular formula is C73H143NO8P+. The van der Waals surface area contributed by atoms with Crippen LogP contribution >= 0.6 is 7.82 Å². The summed E-state index contributed by atoms with van der Waals surface area (Å²) in [6.07, 6.45) is 81.7. The summed E-state index contributed by atoms with van der Waals surface area (Å²) in [6, 6.07) is 0. The highest BCUT2D eigenvalue weighted by molar-refractivity contribution is 7.47. The number of ether oxygens (including phenoxy) is 2. The molecule has 0 rings (SSSR count). The maximum absolute atomic E-state index is 12.9. The van der Waals surface area contributed by atoms with E-state index in [0.29, 0.717) is 23.9 Å². The molecule has 2 atom stereocenters. The number of phosphoric acid groups is 1. The van der Waals surface area contributed by atoms with Crippen molar-refractivity contribution in [2.24, 2.45) is 0 Å². The van der Waals surface area contributed by atoms with Crippen LogP contribution in [0.4, 0.5) is 0 Å². The van der Waals surface area contributed by atoms with Crippen LogP contribution in [0.5, 0.6) is 0 Å². The SMILES string of the molecule is CCCCCCC/C=C\C/C=C\CCCCCCCCCCCCCC(=O)OC(COC(=O)CCCCCCCCCCCCCCCCCCCCCCCCCCCCCCCCCCCCCC)COP(=O)(O)OCC[N+](C)(C)C. The van der Waals surface area contributed by atoms with E-state index < -0.39 is 26.5 Å². The quantitative estimate of drug-likeness (QED) is 0.0211. The van der Waals surface area contributed by atoms with Gasteiger partial charge in [-0.15, -0.1) is 0 Å². The van der Waals surface area contributed by atoms with E-state index in [-0.39, 0.29) is 25.6 Å². The molecule has 0 saturated carbocycles. The summed E-state index contributed by atoms with van der Waals surface area (Å²) in [4.78, 5) is 35.9. The van der Waals surface area contributed by atoms with E-state index in [1.165, 1.54) is 308 Å². The molecule has 0 spiro atoms. The Morgan fingerprint density at radius 2 is 0.651 bits per heavy atom. The molecule has 9 nitrogen and oxygen atoms in total. The van der Waals surface area contributed by atoms with Gasteiger partial charge in [0.05, 0.1) is 27.7 Å². The van der Waals surface area contributed by atoms with Gasteiger partial charge in [-0.3, -0.25) is 18.6 Å². The van der Waals surface area contributed by atoms with E-state index in [0.717, 1.165) is 38.5 Å². The number of nitrogens with zero attached hydrogens (tertiary/aromatic N) is 1. The number of hydrogen-bond donors (Lipinski definition) is 1. The molecular weight excluding hydrogens is 1050 g/mol. The third kappa shape index (κ3) is 69.5. The Balaban J connectivity index is 3.92. The van der Waals surface area contributed by atoms with Crippen molar-refractivity contribution < 1.29 is 42.1 Å². The Hall–Kier alpha value is -1.51. The summed E-state index contributed by atoms with van der Waals surface area (Å²) in [5.74, 6) is -0.778. The van der Waals surface area contributed by atoms with Crippen molar-refractivity contribution in [3.8, 4) is 0 Å². The highest BCUT2D eigenvalue weighted by Crippen LogP contribution is 2.43. The number of phosphoric ester groups is 1. The number of rotatable bonds is 69. The molecule has 83 heavy (non-hydrogen) atoms. The minimum absolute atomic E-state index is 0.0342. The molecule has 0 fully saturated rings. The predicted octanol–water partition coefficient (Wildman–Crippen LogP) is 23.7. The summed E-state index contributed by atoms with van der Waals surface area (Å²) < 4.78 is 34.7. The van der Waals surface area contributed by atoms with Gasteiger partial charge in [-0.05, 0) is 44.9 Å². The summed E-state index contributed by atoms with van der Waals surface area (Å²) in [7, 11) is 1.50. The smallest absolute Gasteiger partial charge is 0.462 e. The lowest BCUT2D eigenvalue weighted by atomic mass is 10.0. The van der Waals surface area contributed by atoms with E-state index in [1.807, 2.05) is 21.1 Å².